The van der Waals surface area contributed by atoms with Gasteiger partial charge < -0.3 is 30.6 Å². The number of hydrogen-bond donors (Lipinski definition) is 6. The molecule has 7 heteroatoms. The Morgan fingerprint density at radius 2 is 1.92 bits per heavy atom. The van der Waals surface area contributed by atoms with Gasteiger partial charge in [0.1, 0.15) is 12.2 Å². The second kappa shape index (κ2) is 4.49. The normalized spacial score (nSPS) is 23.9. The first-order valence-electron chi connectivity index (χ1n) is 3.89. The molecule has 0 saturated heterocycles. The van der Waals surface area contributed by atoms with E-state index >= 15 is 0 Å². The molecule has 7 nitrogen and oxygen atoms in total. The Balaban J connectivity index is 4.92. The number of hydrogen-bond acceptors (Lipinski definition) is 6. The van der Waals surface area contributed by atoms with E-state index in [2.05, 4.69) is 0 Å². The summed E-state index contributed by atoms with van der Waals surface area (Å²) in [6, 6.07) is 0. The molecule has 0 aromatic rings. The van der Waals surface area contributed by atoms with E-state index in [-0.39, 0.29) is 0 Å². The van der Waals surface area contributed by atoms with Crippen molar-refractivity contribution in [1.29, 1.82) is 0 Å². The van der Waals surface area contributed by atoms with Crippen LogP contribution in [0.2, 0.25) is 0 Å². The molecule has 0 aliphatic rings. The van der Waals surface area contributed by atoms with Gasteiger partial charge in [-0.15, -0.1) is 0 Å². The van der Waals surface area contributed by atoms with Crippen LogP contribution in [-0.4, -0.2) is 67.6 Å². The van der Waals surface area contributed by atoms with Crippen LogP contribution in [0.4, 0.5) is 0 Å². The summed E-state index contributed by atoms with van der Waals surface area (Å²) in [5.41, 5.74) is -3.23. The summed E-state index contributed by atoms with van der Waals surface area (Å²) >= 11 is 0. The third kappa shape index (κ3) is 2.36. The van der Waals surface area contributed by atoms with Gasteiger partial charge in [-0.2, -0.15) is 0 Å². The second-order valence-electron chi connectivity index (χ2n) is 2.45. The minimum Gasteiger partial charge on any atom is -0.479 e. The zero-order chi connectivity index (χ0) is 11.5. The first-order chi connectivity index (χ1) is 6.28. The lowest BCUT2D eigenvalue weighted by Gasteiger charge is -2.29. The second-order valence-corrected chi connectivity index (χ2v) is 2.45. The van der Waals surface area contributed by atoms with E-state index in [9.17, 15) is 9.90 Å². The Kier molecular flexibility index (Phi) is 3.58. The van der Waals surface area contributed by atoms with Crippen molar-refractivity contribution in [2.75, 3.05) is 13.2 Å². The average Bonchev–Trinajstić information content (AvgIpc) is 2.13. The number of rotatable bonds is 5. The fourth-order valence-corrected chi connectivity index (χ4v) is 0.651. The molecular weight excluding hydrogens is 184 g/mol. The first kappa shape index (κ1) is 10.4. The molecule has 0 spiro atoms. The smallest absolute Gasteiger partial charge is 0.341 e. The Morgan fingerprint density at radius 3 is 2.15 bits per heavy atom. The fourth-order valence-electron chi connectivity index (χ4n) is 0.651. The molecule has 0 fully saturated rings. The number of aliphatic hydroxyl groups is 5. The molecule has 0 radical (unpaired) electrons. The topological polar surface area (TPSA) is 138 Å². The zero-order valence-electron chi connectivity index (χ0n) is 7.53. The molecule has 0 aliphatic carbocycles. The summed E-state index contributed by atoms with van der Waals surface area (Å²) in [7, 11) is 0. The molecule has 0 saturated carbocycles. The summed E-state index contributed by atoms with van der Waals surface area (Å²) in [4.78, 5) is 10.4. The maximum Gasteiger partial charge on any atom is 0.341 e. The van der Waals surface area contributed by atoms with Crippen LogP contribution in [0.15, 0.2) is 0 Å². The molecule has 0 aromatic heterocycles. The van der Waals surface area contributed by atoms with Crippen LogP contribution in [0.1, 0.15) is 1.37 Å². The Morgan fingerprint density at radius 1 is 1.46 bits per heavy atom. The predicted molar refractivity (Wildman–Crippen MR) is 38.8 cm³/mol. The largest absolute Gasteiger partial charge is 0.479 e. The van der Waals surface area contributed by atoms with Crippen molar-refractivity contribution in [1.82, 2.24) is 0 Å². The van der Waals surface area contributed by atoms with Crippen LogP contribution in [0.3, 0.4) is 0 Å². The highest BCUT2D eigenvalue weighted by atomic mass is 16.4. The van der Waals surface area contributed by atoms with Crippen molar-refractivity contribution >= 4 is 5.97 Å². The van der Waals surface area contributed by atoms with Gasteiger partial charge in [0.25, 0.3) is 0 Å². The maximum atomic E-state index is 10.4. The van der Waals surface area contributed by atoms with Crippen molar-refractivity contribution < 1.29 is 36.8 Å². The van der Waals surface area contributed by atoms with E-state index in [4.69, 9.17) is 26.9 Å². The Hall–Kier alpha value is -0.730. The van der Waals surface area contributed by atoms with Gasteiger partial charge in [-0.05, 0) is 0 Å². The van der Waals surface area contributed by atoms with Crippen LogP contribution in [0.5, 0.6) is 0 Å². The van der Waals surface area contributed by atoms with Crippen molar-refractivity contribution in [3.63, 3.8) is 0 Å². The predicted octanol–water partition coefficient (Wildman–Crippen LogP) is -3.49. The number of aliphatic carboxylic acids is 1. The number of carbonyl (C=O) groups is 1. The van der Waals surface area contributed by atoms with E-state index in [0.717, 1.165) is 0 Å². The van der Waals surface area contributed by atoms with Gasteiger partial charge in [0, 0.05) is 0 Å². The van der Waals surface area contributed by atoms with Gasteiger partial charge in [0.15, 0.2) is 0 Å². The van der Waals surface area contributed by atoms with Crippen molar-refractivity contribution in [2.45, 2.75) is 17.8 Å². The average molecular weight is 197 g/mol. The van der Waals surface area contributed by atoms with Crippen molar-refractivity contribution in [3.05, 3.63) is 0 Å². The zero-order valence-corrected chi connectivity index (χ0v) is 6.53. The molecule has 0 amide bonds. The van der Waals surface area contributed by atoms with Gasteiger partial charge in [-0.1, -0.05) is 0 Å². The van der Waals surface area contributed by atoms with Gasteiger partial charge in [-0.3, -0.25) is 0 Å². The van der Waals surface area contributed by atoms with Gasteiger partial charge in [0.2, 0.25) is 5.60 Å². The highest BCUT2D eigenvalue weighted by Crippen LogP contribution is 2.13. The number of carboxylic acid groups (broad SMARTS) is 1. The molecule has 6 N–H and O–H groups in total. The van der Waals surface area contributed by atoms with E-state index < -0.39 is 37.0 Å². The van der Waals surface area contributed by atoms with Crippen LogP contribution in [0, 0.1) is 0 Å². The third-order valence-electron chi connectivity index (χ3n) is 1.54. The van der Waals surface area contributed by atoms with Crippen molar-refractivity contribution in [3.8, 4) is 0 Å². The molecule has 4 atom stereocenters. The molecule has 1 unspecified atom stereocenters. The molecule has 0 bridgehead atoms. The molecule has 78 valence electrons. The summed E-state index contributed by atoms with van der Waals surface area (Å²) in [6.45, 7) is -3.56. The summed E-state index contributed by atoms with van der Waals surface area (Å²) in [5.74, 6) is -2.07. The van der Waals surface area contributed by atoms with Crippen molar-refractivity contribution in [2.24, 2.45) is 0 Å². The molecular formula is C6H12O7. The van der Waals surface area contributed by atoms with E-state index in [1.54, 1.807) is 0 Å². The first-order valence-corrected chi connectivity index (χ1v) is 3.31. The monoisotopic (exact) mass is 197 g/mol. The Labute approximate surface area is 74.9 Å². The van der Waals surface area contributed by atoms with Crippen LogP contribution in [-0.2, 0) is 4.79 Å². The molecule has 0 aromatic carbocycles. The standard InChI is InChI=1S/C6H12O7/c7-1-3(9)4(10)6(13,2-8)5(11)12/h3-4,7-10,13H,1-2H2,(H,11,12)/t3-,4-,6-/m1/s1/i2D/t2?,3-,4-,6-. The summed E-state index contributed by atoms with van der Waals surface area (Å²) in [6.07, 6.45) is -4.33. The third-order valence-corrected chi connectivity index (χ3v) is 1.54. The number of carboxylic acids is 1. The van der Waals surface area contributed by atoms with Gasteiger partial charge in [0.05, 0.1) is 14.6 Å². The van der Waals surface area contributed by atoms with Gasteiger partial charge in [-0.25, -0.2) is 4.79 Å². The van der Waals surface area contributed by atoms with Crippen LogP contribution in [0.25, 0.3) is 0 Å². The molecule has 13 heavy (non-hydrogen) atoms. The number of aliphatic hydroxyl groups excluding tert-OH is 4. The molecule has 0 aliphatic heterocycles. The quantitative estimate of drug-likeness (QED) is 0.269. The van der Waals surface area contributed by atoms with Gasteiger partial charge >= 0.3 is 5.97 Å². The van der Waals surface area contributed by atoms with Crippen LogP contribution >= 0.6 is 0 Å². The fraction of sp³-hybridized carbons (Fsp3) is 0.833. The van der Waals surface area contributed by atoms with E-state index in [1.165, 1.54) is 0 Å². The van der Waals surface area contributed by atoms with E-state index in [1.807, 2.05) is 0 Å². The lowest BCUT2D eigenvalue weighted by molar-refractivity contribution is -0.191. The highest BCUT2D eigenvalue weighted by Gasteiger charge is 2.46. The minimum atomic E-state index is -3.23. The lowest BCUT2D eigenvalue weighted by atomic mass is 9.94. The highest BCUT2D eigenvalue weighted by molar-refractivity contribution is 5.78. The molecule has 0 heterocycles. The minimum absolute atomic E-state index is 1.01. The Bertz CT molecular complexity index is 208. The van der Waals surface area contributed by atoms with E-state index in [0.29, 0.717) is 0 Å². The van der Waals surface area contributed by atoms with Crippen LogP contribution < -0.4 is 0 Å². The SMILES string of the molecule is [2H]C(O)[C@](O)(C(=O)O)[C@H](O)[C@H](O)CO. The summed E-state index contributed by atoms with van der Waals surface area (Å²) < 4.78 is 6.63. The summed E-state index contributed by atoms with van der Waals surface area (Å²) in [5, 5.41) is 52.5. The molecule has 0 rings (SSSR count). The lowest BCUT2D eigenvalue weighted by Crippen LogP contribution is -2.58. The maximum absolute atomic E-state index is 10.4.